The Morgan fingerprint density at radius 2 is 1.86 bits per heavy atom. The number of halogens is 3. The summed E-state index contributed by atoms with van der Waals surface area (Å²) in [5.74, 6) is 0.648. The number of methoxy groups -OCH3 is 2. The van der Waals surface area contributed by atoms with Crippen LogP contribution in [0.2, 0.25) is 0 Å². The predicted octanol–water partition coefficient (Wildman–Crippen LogP) is 4.48. The maximum absolute atomic E-state index is 12.6. The van der Waals surface area contributed by atoms with E-state index < -0.39 is 17.8 Å². The third-order valence-electron chi connectivity index (χ3n) is 3.56. The van der Waals surface area contributed by atoms with E-state index in [9.17, 15) is 18.0 Å². The number of carbonyl (C=O) groups is 1. The molecule has 0 atom stereocenters. The van der Waals surface area contributed by atoms with Crippen molar-refractivity contribution in [3.63, 3.8) is 0 Å². The predicted molar refractivity (Wildman–Crippen MR) is 100 cm³/mol. The summed E-state index contributed by atoms with van der Waals surface area (Å²) in [6, 6.07) is 5.34. The summed E-state index contributed by atoms with van der Waals surface area (Å²) < 4.78 is 48.1. The van der Waals surface area contributed by atoms with Crippen LogP contribution in [-0.2, 0) is 17.4 Å². The van der Waals surface area contributed by atoms with Crippen LogP contribution in [0.3, 0.4) is 0 Å². The molecule has 0 radical (unpaired) electrons. The molecule has 0 saturated heterocycles. The topological polar surface area (TPSA) is 73.3 Å². The monoisotopic (exact) mass is 429 g/mol. The molecule has 3 rings (SSSR count). The largest absolute Gasteiger partial charge is 0.493 e. The zero-order chi connectivity index (χ0) is 20.3. The first kappa shape index (κ1) is 20.1. The van der Waals surface area contributed by atoms with E-state index in [0.29, 0.717) is 22.2 Å². The Labute approximate surface area is 166 Å². The number of hydrogen-bond donors (Lipinski definition) is 1. The molecular weight excluding hydrogens is 415 g/mol. The van der Waals surface area contributed by atoms with E-state index >= 15 is 0 Å². The number of benzene rings is 1. The summed E-state index contributed by atoms with van der Waals surface area (Å²) in [5.41, 5.74) is 0.265. The number of amides is 1. The van der Waals surface area contributed by atoms with Gasteiger partial charge in [-0.3, -0.25) is 4.79 Å². The van der Waals surface area contributed by atoms with Gasteiger partial charge in [0.2, 0.25) is 5.91 Å². The zero-order valence-electron chi connectivity index (χ0n) is 14.7. The first-order valence-corrected chi connectivity index (χ1v) is 9.55. The van der Waals surface area contributed by atoms with E-state index in [1.807, 2.05) is 6.07 Å². The Morgan fingerprint density at radius 3 is 2.50 bits per heavy atom. The maximum atomic E-state index is 12.6. The van der Waals surface area contributed by atoms with Crippen molar-refractivity contribution in [2.75, 3.05) is 19.5 Å². The number of ether oxygens (including phenoxy) is 2. The number of alkyl halides is 3. The van der Waals surface area contributed by atoms with Gasteiger partial charge >= 0.3 is 6.18 Å². The van der Waals surface area contributed by atoms with Crippen LogP contribution in [0.1, 0.15) is 11.4 Å². The molecule has 148 valence electrons. The van der Waals surface area contributed by atoms with Crippen molar-refractivity contribution in [2.24, 2.45) is 0 Å². The quantitative estimate of drug-likeness (QED) is 0.625. The average Bonchev–Trinajstić information content (AvgIpc) is 3.30. The molecule has 28 heavy (non-hydrogen) atoms. The Hall–Kier alpha value is -2.66. The molecule has 2 aromatic heterocycles. The first-order chi connectivity index (χ1) is 13.3. The molecule has 0 aliphatic carbocycles. The van der Waals surface area contributed by atoms with E-state index in [2.05, 4.69) is 15.3 Å². The van der Waals surface area contributed by atoms with Crippen LogP contribution in [0.5, 0.6) is 11.5 Å². The molecule has 0 aliphatic heterocycles. The Morgan fingerprint density at radius 1 is 1.11 bits per heavy atom. The van der Waals surface area contributed by atoms with E-state index in [4.69, 9.17) is 9.47 Å². The van der Waals surface area contributed by atoms with Crippen LogP contribution in [-0.4, -0.2) is 30.1 Å². The minimum Gasteiger partial charge on any atom is -0.493 e. The summed E-state index contributed by atoms with van der Waals surface area (Å²) in [7, 11) is 3.07. The fourth-order valence-electron chi connectivity index (χ4n) is 2.28. The van der Waals surface area contributed by atoms with Crippen LogP contribution in [0.4, 0.5) is 18.3 Å². The normalized spacial score (nSPS) is 11.3. The lowest BCUT2D eigenvalue weighted by molar-refractivity contribution is -0.140. The molecule has 2 heterocycles. The molecule has 0 fully saturated rings. The second-order valence-electron chi connectivity index (χ2n) is 5.47. The fourth-order valence-corrected chi connectivity index (χ4v) is 3.83. The Kier molecular flexibility index (Phi) is 5.84. The van der Waals surface area contributed by atoms with Crippen LogP contribution < -0.4 is 14.8 Å². The minimum absolute atomic E-state index is 0.0787. The van der Waals surface area contributed by atoms with Gasteiger partial charge in [-0.1, -0.05) is 0 Å². The highest BCUT2D eigenvalue weighted by atomic mass is 32.1. The van der Waals surface area contributed by atoms with Crippen LogP contribution in [0, 0.1) is 0 Å². The number of thiazole rings is 2. The van der Waals surface area contributed by atoms with E-state index in [-0.39, 0.29) is 11.6 Å². The van der Waals surface area contributed by atoms with E-state index in [0.717, 1.165) is 22.3 Å². The fraction of sp³-hybridized carbons (Fsp3) is 0.235. The lowest BCUT2D eigenvalue weighted by Gasteiger charge is -2.08. The second kappa shape index (κ2) is 8.15. The number of anilines is 1. The van der Waals surface area contributed by atoms with Gasteiger partial charge in [0.15, 0.2) is 22.3 Å². The summed E-state index contributed by atoms with van der Waals surface area (Å²) in [6.45, 7) is 0. The highest BCUT2D eigenvalue weighted by Gasteiger charge is 2.33. The van der Waals surface area contributed by atoms with Crippen molar-refractivity contribution in [2.45, 2.75) is 12.6 Å². The Balaban J connectivity index is 1.67. The number of aromatic nitrogens is 2. The van der Waals surface area contributed by atoms with Crippen LogP contribution >= 0.6 is 22.7 Å². The maximum Gasteiger partial charge on any atom is 0.434 e. The van der Waals surface area contributed by atoms with Crippen molar-refractivity contribution in [1.82, 2.24) is 9.97 Å². The molecule has 3 aromatic rings. The summed E-state index contributed by atoms with van der Waals surface area (Å²) >= 11 is 2.06. The number of carbonyl (C=O) groups excluding carboxylic acids is 1. The van der Waals surface area contributed by atoms with Gasteiger partial charge in [-0.2, -0.15) is 13.2 Å². The number of rotatable bonds is 6. The van der Waals surface area contributed by atoms with E-state index in [1.165, 1.54) is 25.6 Å². The molecule has 0 bridgehead atoms. The first-order valence-electron chi connectivity index (χ1n) is 7.79. The zero-order valence-corrected chi connectivity index (χ0v) is 16.3. The second-order valence-corrected chi connectivity index (χ2v) is 7.19. The van der Waals surface area contributed by atoms with Crippen LogP contribution in [0.25, 0.3) is 10.6 Å². The average molecular weight is 429 g/mol. The van der Waals surface area contributed by atoms with Gasteiger partial charge in [-0.25, -0.2) is 9.97 Å². The summed E-state index contributed by atoms with van der Waals surface area (Å²) in [5, 5.41) is 5.51. The lowest BCUT2D eigenvalue weighted by atomic mass is 10.2. The van der Waals surface area contributed by atoms with Gasteiger partial charge < -0.3 is 14.8 Å². The van der Waals surface area contributed by atoms with Crippen molar-refractivity contribution in [1.29, 1.82) is 0 Å². The van der Waals surface area contributed by atoms with Gasteiger partial charge in [0, 0.05) is 16.3 Å². The molecule has 1 aromatic carbocycles. The van der Waals surface area contributed by atoms with Crippen molar-refractivity contribution in [3.8, 4) is 22.1 Å². The van der Waals surface area contributed by atoms with E-state index in [1.54, 1.807) is 17.5 Å². The highest BCUT2D eigenvalue weighted by Crippen LogP contribution is 2.34. The molecular formula is C17H14F3N3O3S2. The number of nitrogens with one attached hydrogen (secondary N) is 1. The molecule has 0 unspecified atom stereocenters. The minimum atomic E-state index is -4.54. The lowest BCUT2D eigenvalue weighted by Crippen LogP contribution is -2.15. The molecule has 0 spiro atoms. The van der Waals surface area contributed by atoms with Crippen molar-refractivity contribution < 1.29 is 27.4 Å². The van der Waals surface area contributed by atoms with Gasteiger partial charge in [0.25, 0.3) is 0 Å². The molecule has 11 heteroatoms. The molecule has 6 nitrogen and oxygen atoms in total. The van der Waals surface area contributed by atoms with Crippen molar-refractivity contribution >= 4 is 33.7 Å². The smallest absolute Gasteiger partial charge is 0.434 e. The third kappa shape index (κ3) is 4.60. The van der Waals surface area contributed by atoms with Crippen molar-refractivity contribution in [3.05, 3.63) is 40.3 Å². The van der Waals surface area contributed by atoms with Gasteiger partial charge in [0.1, 0.15) is 5.01 Å². The van der Waals surface area contributed by atoms with Gasteiger partial charge in [-0.05, 0) is 18.2 Å². The van der Waals surface area contributed by atoms with Gasteiger partial charge in [-0.15, -0.1) is 22.7 Å². The van der Waals surface area contributed by atoms with Gasteiger partial charge in [0.05, 0.1) is 26.3 Å². The summed E-state index contributed by atoms with van der Waals surface area (Å²) in [6.07, 6.45) is -4.62. The number of hydrogen-bond acceptors (Lipinski definition) is 7. The molecule has 1 amide bonds. The standard InChI is InChI=1S/C17H14F3N3O3S2/c1-25-11-4-3-9(5-12(11)26-2)15-21-10(7-27-15)6-14(24)23-16-22-13(8-28-16)17(18,19)20/h3-5,7-8H,6H2,1-2H3,(H,22,23,24). The highest BCUT2D eigenvalue weighted by molar-refractivity contribution is 7.14. The third-order valence-corrected chi connectivity index (χ3v) is 5.26. The number of nitrogens with zero attached hydrogens (tertiary/aromatic N) is 2. The molecule has 1 N–H and O–H groups in total. The SMILES string of the molecule is COc1ccc(-c2nc(CC(=O)Nc3nc(C(F)(F)F)cs3)cs2)cc1OC. The Bertz CT molecular complexity index is 985. The van der Waals surface area contributed by atoms with Crippen LogP contribution in [0.15, 0.2) is 29.0 Å². The summed E-state index contributed by atoms with van der Waals surface area (Å²) in [4.78, 5) is 19.8. The molecule has 0 aliphatic rings. The molecule has 0 saturated carbocycles.